The third-order valence-corrected chi connectivity index (χ3v) is 4.78. The van der Waals surface area contributed by atoms with E-state index in [2.05, 4.69) is 10.3 Å². The Balaban J connectivity index is 1.61. The topological polar surface area (TPSA) is 46.4 Å². The van der Waals surface area contributed by atoms with E-state index in [0.717, 1.165) is 22.5 Å². The Labute approximate surface area is 162 Å². The molecule has 1 N–H and O–H groups in total. The predicted molar refractivity (Wildman–Crippen MR) is 106 cm³/mol. The zero-order valence-electron chi connectivity index (χ0n) is 15.3. The van der Waals surface area contributed by atoms with Crippen LogP contribution in [0.4, 0.5) is 4.39 Å². The Hall–Kier alpha value is -3.47. The van der Waals surface area contributed by atoms with Gasteiger partial charge in [0.15, 0.2) is 0 Å². The van der Waals surface area contributed by atoms with Crippen molar-refractivity contribution in [1.29, 1.82) is 0 Å². The minimum Gasteiger partial charge on any atom is -0.352 e. The van der Waals surface area contributed by atoms with Gasteiger partial charge in [0, 0.05) is 31.3 Å². The van der Waals surface area contributed by atoms with Crippen molar-refractivity contribution in [3.63, 3.8) is 0 Å². The predicted octanol–water partition coefficient (Wildman–Crippen LogP) is 4.31. The van der Waals surface area contributed by atoms with Gasteiger partial charge in [-0.15, -0.1) is 0 Å². The molecule has 0 fully saturated rings. The third-order valence-electron chi connectivity index (χ3n) is 4.78. The summed E-state index contributed by atoms with van der Waals surface area (Å²) in [7, 11) is 0. The Morgan fingerprint density at radius 1 is 1.04 bits per heavy atom. The lowest BCUT2D eigenvalue weighted by Gasteiger charge is -2.17. The Morgan fingerprint density at radius 3 is 2.68 bits per heavy atom. The molecular formula is C23H20FN3O. The molecule has 1 unspecified atom stereocenters. The first kappa shape index (κ1) is 17.9. The van der Waals surface area contributed by atoms with Gasteiger partial charge in [-0.3, -0.25) is 4.79 Å². The number of amides is 1. The molecule has 0 saturated carbocycles. The lowest BCUT2D eigenvalue weighted by atomic mass is 9.92. The van der Waals surface area contributed by atoms with E-state index in [1.807, 2.05) is 65.2 Å². The second-order valence-electron chi connectivity index (χ2n) is 6.69. The van der Waals surface area contributed by atoms with E-state index < -0.39 is 0 Å². The molecule has 2 aromatic carbocycles. The van der Waals surface area contributed by atoms with E-state index in [-0.39, 0.29) is 24.1 Å². The first-order chi connectivity index (χ1) is 13.7. The molecule has 0 aliphatic heterocycles. The van der Waals surface area contributed by atoms with Crippen LogP contribution in [0.25, 0.3) is 5.65 Å². The Kier molecular flexibility index (Phi) is 5.15. The number of aromatic nitrogens is 2. The molecular weight excluding hydrogens is 353 g/mol. The number of benzene rings is 2. The standard InChI is InChI=1S/C23H20FN3O/c24-19-10-6-9-18(13-19)20(21-16-25-22-11-4-5-12-27(21)22)14-23(28)26-15-17-7-2-1-3-8-17/h1-13,16,20H,14-15H2,(H,26,28). The van der Waals surface area contributed by atoms with Crippen LogP contribution in [0.2, 0.25) is 0 Å². The number of carbonyl (C=O) groups is 1. The van der Waals surface area contributed by atoms with Crippen molar-refractivity contribution in [3.8, 4) is 0 Å². The maximum Gasteiger partial charge on any atom is 0.221 e. The van der Waals surface area contributed by atoms with Crippen LogP contribution >= 0.6 is 0 Å². The molecule has 4 nitrogen and oxygen atoms in total. The molecule has 28 heavy (non-hydrogen) atoms. The summed E-state index contributed by atoms with van der Waals surface area (Å²) in [5.74, 6) is -0.714. The molecule has 4 rings (SSSR count). The fourth-order valence-electron chi connectivity index (χ4n) is 3.38. The smallest absolute Gasteiger partial charge is 0.221 e. The molecule has 1 atom stereocenters. The SMILES string of the molecule is O=C(CC(c1cccc(F)c1)c1cnc2ccccn12)NCc1ccccc1. The highest BCUT2D eigenvalue weighted by Gasteiger charge is 2.22. The Morgan fingerprint density at radius 2 is 1.86 bits per heavy atom. The lowest BCUT2D eigenvalue weighted by molar-refractivity contribution is -0.121. The van der Waals surface area contributed by atoms with E-state index in [1.54, 1.807) is 12.3 Å². The fraction of sp³-hybridized carbons (Fsp3) is 0.130. The lowest BCUT2D eigenvalue weighted by Crippen LogP contribution is -2.25. The second kappa shape index (κ2) is 8.05. The second-order valence-corrected chi connectivity index (χ2v) is 6.69. The Bertz CT molecular complexity index is 1090. The molecule has 0 aliphatic rings. The maximum atomic E-state index is 13.9. The number of hydrogen-bond acceptors (Lipinski definition) is 2. The first-order valence-electron chi connectivity index (χ1n) is 9.19. The zero-order valence-corrected chi connectivity index (χ0v) is 15.3. The van der Waals surface area contributed by atoms with Gasteiger partial charge in [-0.25, -0.2) is 9.37 Å². The van der Waals surface area contributed by atoms with Crippen molar-refractivity contribution in [2.75, 3.05) is 0 Å². The van der Waals surface area contributed by atoms with Gasteiger partial charge in [-0.1, -0.05) is 48.5 Å². The maximum absolute atomic E-state index is 13.9. The minimum absolute atomic E-state index is 0.0935. The molecule has 1 amide bonds. The molecule has 2 heterocycles. The number of rotatable bonds is 6. The molecule has 0 bridgehead atoms. The minimum atomic E-state index is -0.319. The summed E-state index contributed by atoms with van der Waals surface area (Å²) in [5.41, 5.74) is 3.44. The number of imidazole rings is 1. The van der Waals surface area contributed by atoms with E-state index >= 15 is 0 Å². The average Bonchev–Trinajstić information content (AvgIpc) is 3.15. The van der Waals surface area contributed by atoms with Gasteiger partial charge >= 0.3 is 0 Å². The van der Waals surface area contributed by atoms with Crippen molar-refractivity contribution in [2.24, 2.45) is 0 Å². The molecule has 0 radical (unpaired) electrons. The van der Waals surface area contributed by atoms with E-state index in [0.29, 0.717) is 6.54 Å². The number of fused-ring (bicyclic) bond motifs is 1. The molecule has 5 heteroatoms. The van der Waals surface area contributed by atoms with Crippen molar-refractivity contribution in [3.05, 3.63) is 108 Å². The third kappa shape index (κ3) is 3.93. The summed E-state index contributed by atoms with van der Waals surface area (Å²) < 4.78 is 15.8. The summed E-state index contributed by atoms with van der Waals surface area (Å²) in [5, 5.41) is 2.96. The molecule has 0 saturated heterocycles. The number of halogens is 1. The molecule has 0 spiro atoms. The van der Waals surface area contributed by atoms with Crippen molar-refractivity contribution >= 4 is 11.6 Å². The van der Waals surface area contributed by atoms with Crippen molar-refractivity contribution < 1.29 is 9.18 Å². The van der Waals surface area contributed by atoms with Gasteiger partial charge < -0.3 is 9.72 Å². The largest absolute Gasteiger partial charge is 0.352 e. The highest BCUT2D eigenvalue weighted by molar-refractivity contribution is 5.77. The van der Waals surface area contributed by atoms with Gasteiger partial charge in [0.2, 0.25) is 5.91 Å². The summed E-state index contributed by atoms with van der Waals surface area (Å²) >= 11 is 0. The van der Waals surface area contributed by atoms with Gasteiger partial charge in [0.25, 0.3) is 0 Å². The van der Waals surface area contributed by atoms with Crippen LogP contribution in [0.3, 0.4) is 0 Å². The molecule has 0 aliphatic carbocycles. The van der Waals surface area contributed by atoms with Crippen LogP contribution in [0.15, 0.2) is 85.2 Å². The van der Waals surface area contributed by atoms with E-state index in [1.165, 1.54) is 12.1 Å². The fourth-order valence-corrected chi connectivity index (χ4v) is 3.38. The summed E-state index contributed by atoms with van der Waals surface area (Å²) in [6, 6.07) is 21.9. The molecule has 2 aromatic heterocycles. The van der Waals surface area contributed by atoms with Crippen LogP contribution in [0, 0.1) is 5.82 Å². The van der Waals surface area contributed by atoms with Gasteiger partial charge in [0.1, 0.15) is 11.5 Å². The van der Waals surface area contributed by atoms with Crippen LogP contribution in [-0.2, 0) is 11.3 Å². The quantitative estimate of drug-likeness (QED) is 0.547. The number of nitrogens with one attached hydrogen (secondary N) is 1. The normalized spacial score (nSPS) is 12.0. The van der Waals surface area contributed by atoms with Gasteiger partial charge in [-0.05, 0) is 35.4 Å². The van der Waals surface area contributed by atoms with Crippen LogP contribution in [0.5, 0.6) is 0 Å². The van der Waals surface area contributed by atoms with Crippen LogP contribution in [-0.4, -0.2) is 15.3 Å². The summed E-state index contributed by atoms with van der Waals surface area (Å²) in [6.45, 7) is 0.461. The molecule has 4 aromatic rings. The zero-order chi connectivity index (χ0) is 19.3. The van der Waals surface area contributed by atoms with Gasteiger partial charge in [-0.2, -0.15) is 0 Å². The monoisotopic (exact) mass is 373 g/mol. The highest BCUT2D eigenvalue weighted by atomic mass is 19.1. The van der Waals surface area contributed by atoms with E-state index in [9.17, 15) is 9.18 Å². The highest BCUT2D eigenvalue weighted by Crippen LogP contribution is 2.29. The van der Waals surface area contributed by atoms with E-state index in [4.69, 9.17) is 0 Å². The number of carbonyl (C=O) groups excluding carboxylic acids is 1. The van der Waals surface area contributed by atoms with Crippen LogP contribution < -0.4 is 5.32 Å². The summed E-state index contributed by atoms with van der Waals surface area (Å²) in [4.78, 5) is 17.1. The number of pyridine rings is 1. The molecule has 140 valence electrons. The van der Waals surface area contributed by atoms with Crippen molar-refractivity contribution in [1.82, 2.24) is 14.7 Å². The van der Waals surface area contributed by atoms with Gasteiger partial charge in [0.05, 0.1) is 5.69 Å². The summed E-state index contributed by atoms with van der Waals surface area (Å²) in [6.07, 6.45) is 3.88. The van der Waals surface area contributed by atoms with Crippen molar-refractivity contribution in [2.45, 2.75) is 18.9 Å². The van der Waals surface area contributed by atoms with Crippen LogP contribution in [0.1, 0.15) is 29.2 Å². The average molecular weight is 373 g/mol. The number of hydrogen-bond donors (Lipinski definition) is 1. The first-order valence-corrected chi connectivity index (χ1v) is 9.19. The number of nitrogens with zero attached hydrogens (tertiary/aromatic N) is 2.